The fourth-order valence-electron chi connectivity index (χ4n) is 1.54. The molecular weight excluding hydrogens is 220 g/mol. The molecule has 2 aromatic carbocycles. The summed E-state index contributed by atoms with van der Waals surface area (Å²) >= 11 is 1.38. The molecule has 0 radical (unpaired) electrons. The van der Waals surface area contributed by atoms with Crippen LogP contribution >= 0.6 is 11.8 Å². The smallest absolute Gasteiger partial charge is 0.316 e. The molecule has 0 spiro atoms. The van der Waals surface area contributed by atoms with Crippen LogP contribution in [0.5, 0.6) is 0 Å². The van der Waals surface area contributed by atoms with Gasteiger partial charge in [0.1, 0.15) is 5.25 Å². The van der Waals surface area contributed by atoms with Crippen LogP contribution in [0.3, 0.4) is 0 Å². The van der Waals surface area contributed by atoms with Crippen LogP contribution in [0, 0.1) is 0 Å². The van der Waals surface area contributed by atoms with Crippen LogP contribution in [0.1, 0.15) is 6.92 Å². The molecule has 0 amide bonds. The Morgan fingerprint density at radius 3 is 2.62 bits per heavy atom. The van der Waals surface area contributed by atoms with Gasteiger partial charge in [-0.15, -0.1) is 11.8 Å². The van der Waals surface area contributed by atoms with Crippen molar-refractivity contribution < 1.29 is 9.90 Å². The molecule has 0 unspecified atom stereocenters. The summed E-state index contributed by atoms with van der Waals surface area (Å²) in [5.74, 6) is -0.780. The largest absolute Gasteiger partial charge is 0.480 e. The summed E-state index contributed by atoms with van der Waals surface area (Å²) in [6.07, 6.45) is 0. The average Bonchev–Trinajstić information content (AvgIpc) is 2.29. The van der Waals surface area contributed by atoms with Crippen LogP contribution in [-0.4, -0.2) is 16.3 Å². The van der Waals surface area contributed by atoms with Gasteiger partial charge in [-0.25, -0.2) is 0 Å². The summed E-state index contributed by atoms with van der Waals surface area (Å²) in [7, 11) is 0. The summed E-state index contributed by atoms with van der Waals surface area (Å²) in [6.45, 7) is 1.70. The predicted molar refractivity (Wildman–Crippen MR) is 66.9 cm³/mol. The number of carbonyl (C=O) groups is 1. The van der Waals surface area contributed by atoms with Crippen molar-refractivity contribution >= 4 is 28.5 Å². The van der Waals surface area contributed by atoms with Gasteiger partial charge in [-0.3, -0.25) is 4.79 Å². The van der Waals surface area contributed by atoms with E-state index in [-0.39, 0.29) is 0 Å². The summed E-state index contributed by atoms with van der Waals surface area (Å²) < 4.78 is 0. The Morgan fingerprint density at radius 2 is 1.88 bits per heavy atom. The zero-order valence-electron chi connectivity index (χ0n) is 8.88. The van der Waals surface area contributed by atoms with Crippen molar-refractivity contribution in [3.63, 3.8) is 0 Å². The van der Waals surface area contributed by atoms with Crippen LogP contribution < -0.4 is 0 Å². The highest BCUT2D eigenvalue weighted by Gasteiger charge is 2.13. The first-order chi connectivity index (χ1) is 7.68. The van der Waals surface area contributed by atoms with E-state index in [9.17, 15) is 4.79 Å². The zero-order valence-corrected chi connectivity index (χ0v) is 9.70. The molecule has 1 atom stereocenters. The van der Waals surface area contributed by atoms with Crippen molar-refractivity contribution in [2.45, 2.75) is 17.1 Å². The van der Waals surface area contributed by atoms with Crippen molar-refractivity contribution in [3.8, 4) is 0 Å². The van der Waals surface area contributed by atoms with Gasteiger partial charge in [0.05, 0.1) is 0 Å². The fraction of sp³-hybridized carbons (Fsp3) is 0.154. The molecule has 2 rings (SSSR count). The third kappa shape index (κ3) is 2.19. The van der Waals surface area contributed by atoms with E-state index in [1.165, 1.54) is 11.8 Å². The Morgan fingerprint density at radius 1 is 1.19 bits per heavy atom. The minimum atomic E-state index is -0.780. The molecular formula is C13H12O2S. The number of rotatable bonds is 3. The normalized spacial score (nSPS) is 12.6. The maximum absolute atomic E-state index is 10.8. The SMILES string of the molecule is C[C@H](Sc1cccc2ccccc12)C(=O)O. The summed E-state index contributed by atoms with van der Waals surface area (Å²) in [5, 5.41) is 10.7. The second kappa shape index (κ2) is 4.58. The highest BCUT2D eigenvalue weighted by atomic mass is 32.2. The number of fused-ring (bicyclic) bond motifs is 1. The van der Waals surface area contributed by atoms with Crippen molar-refractivity contribution in [1.29, 1.82) is 0 Å². The first-order valence-electron chi connectivity index (χ1n) is 5.05. The first kappa shape index (κ1) is 11.0. The maximum Gasteiger partial charge on any atom is 0.316 e. The van der Waals surface area contributed by atoms with Crippen molar-refractivity contribution in [1.82, 2.24) is 0 Å². The van der Waals surface area contributed by atoms with Gasteiger partial charge < -0.3 is 5.11 Å². The van der Waals surface area contributed by atoms with Crippen molar-refractivity contribution in [2.75, 3.05) is 0 Å². The number of benzene rings is 2. The standard InChI is InChI=1S/C13H12O2S/c1-9(13(14)15)16-12-8-4-6-10-5-2-3-7-11(10)12/h2-9H,1H3,(H,14,15)/t9-/m0/s1. The summed E-state index contributed by atoms with van der Waals surface area (Å²) in [5.41, 5.74) is 0. The zero-order chi connectivity index (χ0) is 11.5. The molecule has 16 heavy (non-hydrogen) atoms. The maximum atomic E-state index is 10.8. The first-order valence-corrected chi connectivity index (χ1v) is 5.93. The predicted octanol–water partition coefficient (Wildman–Crippen LogP) is 3.41. The highest BCUT2D eigenvalue weighted by molar-refractivity contribution is 8.00. The lowest BCUT2D eigenvalue weighted by molar-refractivity contribution is -0.136. The molecule has 82 valence electrons. The topological polar surface area (TPSA) is 37.3 Å². The van der Waals surface area contributed by atoms with Gasteiger partial charge in [-0.2, -0.15) is 0 Å². The fourth-order valence-corrected chi connectivity index (χ4v) is 2.49. The van der Waals surface area contributed by atoms with Gasteiger partial charge in [-0.05, 0) is 23.8 Å². The molecule has 0 saturated heterocycles. The number of carboxylic acid groups (broad SMARTS) is 1. The number of hydrogen-bond acceptors (Lipinski definition) is 2. The van der Waals surface area contributed by atoms with E-state index in [0.29, 0.717) is 0 Å². The summed E-state index contributed by atoms with van der Waals surface area (Å²) in [6, 6.07) is 14.0. The highest BCUT2D eigenvalue weighted by Crippen LogP contribution is 2.30. The average molecular weight is 232 g/mol. The Labute approximate surface area is 98.3 Å². The van der Waals surface area contributed by atoms with Crippen LogP contribution in [0.25, 0.3) is 10.8 Å². The molecule has 0 aliphatic carbocycles. The summed E-state index contributed by atoms with van der Waals surface area (Å²) in [4.78, 5) is 11.8. The van der Waals surface area contributed by atoms with E-state index in [1.807, 2.05) is 42.5 Å². The lowest BCUT2D eigenvalue weighted by Crippen LogP contribution is -2.10. The third-order valence-corrected chi connectivity index (χ3v) is 3.57. The Hall–Kier alpha value is -1.48. The lowest BCUT2D eigenvalue weighted by Gasteiger charge is -2.08. The minimum Gasteiger partial charge on any atom is -0.480 e. The molecule has 0 aliphatic heterocycles. The molecule has 0 fully saturated rings. The molecule has 0 heterocycles. The number of aliphatic carboxylic acids is 1. The Kier molecular flexibility index (Phi) is 3.15. The van der Waals surface area contributed by atoms with E-state index in [4.69, 9.17) is 5.11 Å². The molecule has 0 aliphatic rings. The molecule has 3 heteroatoms. The minimum absolute atomic E-state index is 0.425. The van der Waals surface area contributed by atoms with Gasteiger partial charge in [-0.1, -0.05) is 36.4 Å². The molecule has 0 saturated carbocycles. The van der Waals surface area contributed by atoms with Crippen LogP contribution in [0.2, 0.25) is 0 Å². The number of carboxylic acids is 1. The van der Waals surface area contributed by atoms with Crippen LogP contribution in [0.4, 0.5) is 0 Å². The Balaban J connectivity index is 2.41. The van der Waals surface area contributed by atoms with Gasteiger partial charge in [0.15, 0.2) is 0 Å². The Bertz CT molecular complexity index is 517. The molecule has 0 bridgehead atoms. The van der Waals surface area contributed by atoms with E-state index in [2.05, 4.69) is 0 Å². The van der Waals surface area contributed by atoms with Crippen LogP contribution in [-0.2, 0) is 4.79 Å². The second-order valence-electron chi connectivity index (χ2n) is 3.58. The molecule has 2 aromatic rings. The number of thioether (sulfide) groups is 1. The quantitative estimate of drug-likeness (QED) is 0.824. The van der Waals surface area contributed by atoms with Gasteiger partial charge in [0, 0.05) is 4.90 Å². The number of hydrogen-bond donors (Lipinski definition) is 1. The van der Waals surface area contributed by atoms with E-state index < -0.39 is 11.2 Å². The third-order valence-electron chi connectivity index (χ3n) is 2.40. The van der Waals surface area contributed by atoms with Gasteiger partial charge in [0.25, 0.3) is 0 Å². The van der Waals surface area contributed by atoms with E-state index in [1.54, 1.807) is 6.92 Å². The molecule has 0 aromatic heterocycles. The monoisotopic (exact) mass is 232 g/mol. The lowest BCUT2D eigenvalue weighted by atomic mass is 10.1. The van der Waals surface area contributed by atoms with E-state index in [0.717, 1.165) is 15.7 Å². The van der Waals surface area contributed by atoms with Gasteiger partial charge >= 0.3 is 5.97 Å². The van der Waals surface area contributed by atoms with Crippen LogP contribution in [0.15, 0.2) is 47.4 Å². The molecule has 2 nitrogen and oxygen atoms in total. The molecule has 1 N–H and O–H groups in total. The van der Waals surface area contributed by atoms with Gasteiger partial charge in [0.2, 0.25) is 0 Å². The van der Waals surface area contributed by atoms with Crippen molar-refractivity contribution in [2.24, 2.45) is 0 Å². The van der Waals surface area contributed by atoms with Crippen molar-refractivity contribution in [3.05, 3.63) is 42.5 Å². The second-order valence-corrected chi connectivity index (χ2v) is 4.96. The van der Waals surface area contributed by atoms with E-state index >= 15 is 0 Å².